The smallest absolute Gasteiger partial charge is 0.347 e. The van der Waals surface area contributed by atoms with Crippen molar-refractivity contribution >= 4 is 11.7 Å². The molecular formula is C15H17F3N2O2. The minimum atomic E-state index is -4.57. The van der Waals surface area contributed by atoms with Crippen molar-refractivity contribution in [2.75, 3.05) is 20.6 Å². The molecule has 7 heteroatoms. The minimum Gasteiger partial charge on any atom is -0.347 e. The Labute approximate surface area is 126 Å². The molecule has 0 saturated carbocycles. The highest BCUT2D eigenvalue weighted by molar-refractivity contribution is 6.00. The molecule has 1 fully saturated rings. The molecule has 2 unspecified atom stereocenters. The van der Waals surface area contributed by atoms with Gasteiger partial charge in [-0.3, -0.25) is 9.59 Å². The van der Waals surface area contributed by atoms with Gasteiger partial charge in [0.25, 0.3) is 0 Å². The Morgan fingerprint density at radius 1 is 1.23 bits per heavy atom. The summed E-state index contributed by atoms with van der Waals surface area (Å²) in [6.07, 6.45) is -4.36. The molecule has 2 rings (SSSR count). The molecule has 1 N–H and O–H groups in total. The van der Waals surface area contributed by atoms with E-state index in [4.69, 9.17) is 0 Å². The van der Waals surface area contributed by atoms with Gasteiger partial charge in [0.1, 0.15) is 0 Å². The first kappa shape index (κ1) is 16.5. The van der Waals surface area contributed by atoms with E-state index in [9.17, 15) is 22.8 Å². The molecule has 1 amide bonds. The van der Waals surface area contributed by atoms with Crippen LogP contribution < -0.4 is 5.32 Å². The fourth-order valence-electron chi connectivity index (χ4n) is 2.60. The maximum absolute atomic E-state index is 13.0. The van der Waals surface area contributed by atoms with E-state index in [1.165, 1.54) is 23.1 Å². The van der Waals surface area contributed by atoms with Gasteiger partial charge in [0.05, 0.1) is 11.6 Å². The van der Waals surface area contributed by atoms with Crippen molar-refractivity contribution in [2.45, 2.75) is 18.6 Å². The van der Waals surface area contributed by atoms with E-state index in [1.54, 1.807) is 14.1 Å². The molecule has 2 atom stereocenters. The van der Waals surface area contributed by atoms with E-state index < -0.39 is 29.5 Å². The van der Waals surface area contributed by atoms with E-state index in [-0.39, 0.29) is 24.4 Å². The highest BCUT2D eigenvalue weighted by Crippen LogP contribution is 2.33. The molecule has 0 radical (unpaired) electrons. The molecule has 120 valence electrons. The maximum atomic E-state index is 13.0. The van der Waals surface area contributed by atoms with E-state index in [2.05, 4.69) is 5.32 Å². The van der Waals surface area contributed by atoms with Crippen LogP contribution in [0.5, 0.6) is 0 Å². The number of carbonyl (C=O) groups excluding carboxylic acids is 2. The lowest BCUT2D eigenvalue weighted by Crippen LogP contribution is -2.39. The average molecular weight is 314 g/mol. The zero-order valence-corrected chi connectivity index (χ0v) is 12.3. The Morgan fingerprint density at radius 3 is 2.45 bits per heavy atom. The van der Waals surface area contributed by atoms with E-state index in [0.717, 1.165) is 6.07 Å². The normalized spacial score (nSPS) is 21.7. The molecule has 22 heavy (non-hydrogen) atoms. The molecule has 1 aromatic carbocycles. The fraction of sp³-hybridized carbons (Fsp3) is 0.467. The summed E-state index contributed by atoms with van der Waals surface area (Å²) in [7, 11) is 3.19. The number of amides is 1. The lowest BCUT2D eigenvalue weighted by molar-refractivity contribution is -0.138. The molecule has 0 bridgehead atoms. The average Bonchev–Trinajstić information content (AvgIpc) is 2.94. The number of nitrogens with one attached hydrogen (secondary N) is 1. The number of carbonyl (C=O) groups is 2. The highest BCUT2D eigenvalue weighted by Gasteiger charge is 2.39. The van der Waals surface area contributed by atoms with Crippen LogP contribution in [-0.4, -0.2) is 43.3 Å². The third-order valence-electron chi connectivity index (χ3n) is 3.74. The van der Waals surface area contributed by atoms with Crippen molar-refractivity contribution in [1.29, 1.82) is 0 Å². The third-order valence-corrected chi connectivity index (χ3v) is 3.74. The summed E-state index contributed by atoms with van der Waals surface area (Å²) < 4.78 is 38.9. The van der Waals surface area contributed by atoms with Crippen LogP contribution in [0, 0.1) is 5.92 Å². The van der Waals surface area contributed by atoms with Gasteiger partial charge in [-0.25, -0.2) is 0 Å². The summed E-state index contributed by atoms with van der Waals surface area (Å²) in [4.78, 5) is 25.6. The Bertz CT molecular complexity index is 584. The number of halogens is 3. The van der Waals surface area contributed by atoms with Crippen LogP contribution in [0.25, 0.3) is 0 Å². The summed E-state index contributed by atoms with van der Waals surface area (Å²) in [5.74, 6) is -1.38. The predicted molar refractivity (Wildman–Crippen MR) is 74.4 cm³/mol. The Kier molecular flexibility index (Phi) is 4.55. The molecule has 0 aliphatic carbocycles. The van der Waals surface area contributed by atoms with Crippen molar-refractivity contribution in [1.82, 2.24) is 10.2 Å². The van der Waals surface area contributed by atoms with Gasteiger partial charge in [0.15, 0.2) is 5.78 Å². The maximum Gasteiger partial charge on any atom is 0.417 e. The monoisotopic (exact) mass is 314 g/mol. The topological polar surface area (TPSA) is 49.4 Å². The van der Waals surface area contributed by atoms with Crippen molar-refractivity contribution in [3.8, 4) is 0 Å². The molecule has 0 spiro atoms. The van der Waals surface area contributed by atoms with Crippen LogP contribution >= 0.6 is 0 Å². The van der Waals surface area contributed by atoms with Crippen LogP contribution in [0.2, 0.25) is 0 Å². The van der Waals surface area contributed by atoms with Crippen LogP contribution in [0.4, 0.5) is 13.2 Å². The summed E-state index contributed by atoms with van der Waals surface area (Å²) >= 11 is 0. The van der Waals surface area contributed by atoms with Gasteiger partial charge in [0.2, 0.25) is 5.91 Å². The molecule has 0 aromatic heterocycles. The van der Waals surface area contributed by atoms with E-state index in [1.807, 2.05) is 0 Å². The molecule has 1 aliphatic rings. The number of likely N-dealkylation sites (N-methyl/N-ethyl adjacent to an activating group) is 1. The standard InChI is InChI=1S/C15H17F3N2O2/c1-20(2)14(22)12-7-9(8-19-12)13(21)10-5-3-4-6-11(10)15(16,17)18/h3-6,9,12,19H,7-8H2,1-2H3. The van der Waals surface area contributed by atoms with E-state index >= 15 is 0 Å². The van der Waals surface area contributed by atoms with Gasteiger partial charge in [-0.2, -0.15) is 13.2 Å². The van der Waals surface area contributed by atoms with Gasteiger partial charge in [-0.1, -0.05) is 18.2 Å². The number of hydrogen-bond acceptors (Lipinski definition) is 3. The van der Waals surface area contributed by atoms with Gasteiger partial charge in [0, 0.05) is 32.1 Å². The van der Waals surface area contributed by atoms with E-state index in [0.29, 0.717) is 0 Å². The number of Topliss-reactive ketones (excluding diaryl/α,β-unsaturated/α-hetero) is 1. The van der Waals surface area contributed by atoms with Crippen molar-refractivity contribution in [3.63, 3.8) is 0 Å². The van der Waals surface area contributed by atoms with Crippen LogP contribution in [0.3, 0.4) is 0 Å². The second-order valence-corrected chi connectivity index (χ2v) is 5.53. The number of hydrogen-bond donors (Lipinski definition) is 1. The first-order valence-corrected chi connectivity index (χ1v) is 6.86. The molecule has 1 saturated heterocycles. The fourth-order valence-corrected chi connectivity index (χ4v) is 2.60. The van der Waals surface area contributed by atoms with Crippen molar-refractivity contribution < 1.29 is 22.8 Å². The lowest BCUT2D eigenvalue weighted by Gasteiger charge is -2.16. The van der Waals surface area contributed by atoms with Crippen molar-refractivity contribution in [2.24, 2.45) is 5.92 Å². The number of benzene rings is 1. The Morgan fingerprint density at radius 2 is 1.86 bits per heavy atom. The zero-order valence-electron chi connectivity index (χ0n) is 12.3. The summed E-state index contributed by atoms with van der Waals surface area (Å²) in [6.45, 7) is 0.204. The lowest BCUT2D eigenvalue weighted by atomic mass is 9.92. The Balaban J connectivity index is 2.19. The van der Waals surface area contributed by atoms with Crippen LogP contribution in [-0.2, 0) is 11.0 Å². The molecule has 1 aliphatic heterocycles. The summed E-state index contributed by atoms with van der Waals surface area (Å²) in [5.41, 5.74) is -1.26. The number of ketones is 1. The van der Waals surface area contributed by atoms with Crippen molar-refractivity contribution in [3.05, 3.63) is 35.4 Å². The highest BCUT2D eigenvalue weighted by atomic mass is 19.4. The third kappa shape index (κ3) is 3.30. The largest absolute Gasteiger partial charge is 0.417 e. The SMILES string of the molecule is CN(C)C(=O)C1CC(C(=O)c2ccccc2C(F)(F)F)CN1. The zero-order chi connectivity index (χ0) is 16.5. The first-order chi connectivity index (χ1) is 10.2. The second kappa shape index (κ2) is 6.08. The molecular weight excluding hydrogens is 297 g/mol. The van der Waals surface area contributed by atoms with Gasteiger partial charge >= 0.3 is 6.18 Å². The van der Waals surface area contributed by atoms with Gasteiger partial charge < -0.3 is 10.2 Å². The Hall–Kier alpha value is -1.89. The van der Waals surface area contributed by atoms with Crippen LogP contribution in [0.1, 0.15) is 22.3 Å². The molecule has 1 heterocycles. The van der Waals surface area contributed by atoms with Gasteiger partial charge in [-0.15, -0.1) is 0 Å². The van der Waals surface area contributed by atoms with Gasteiger partial charge in [-0.05, 0) is 12.5 Å². The van der Waals surface area contributed by atoms with Crippen LogP contribution in [0.15, 0.2) is 24.3 Å². The molecule has 1 aromatic rings. The minimum absolute atomic E-state index is 0.181. The number of rotatable bonds is 3. The number of nitrogens with zero attached hydrogens (tertiary/aromatic N) is 1. The predicted octanol–water partition coefficient (Wildman–Crippen LogP) is 1.95. The molecule has 4 nitrogen and oxygen atoms in total. The second-order valence-electron chi connectivity index (χ2n) is 5.53. The quantitative estimate of drug-likeness (QED) is 0.868. The summed E-state index contributed by atoms with van der Waals surface area (Å²) in [6, 6.07) is 4.23. The number of alkyl halides is 3. The first-order valence-electron chi connectivity index (χ1n) is 6.86. The summed E-state index contributed by atoms with van der Waals surface area (Å²) in [5, 5.41) is 2.90.